The number of hydrogen-bond acceptors (Lipinski definition) is 2. The molecule has 0 N–H and O–H groups in total. The maximum Gasteiger partial charge on any atom is 0.268 e. The molecule has 0 fully saturated rings. The van der Waals surface area contributed by atoms with Gasteiger partial charge in [0.05, 0.1) is 9.21 Å². The highest BCUT2D eigenvalue weighted by Gasteiger charge is 2.29. The molecule has 5 heteroatoms. The first-order valence-electron chi connectivity index (χ1n) is 6.43. The van der Waals surface area contributed by atoms with Crippen molar-refractivity contribution in [3.8, 4) is 0 Å². The van der Waals surface area contributed by atoms with Crippen LogP contribution in [-0.2, 0) is 6.42 Å². The molecule has 0 bridgehead atoms. The Morgan fingerprint density at radius 1 is 1.40 bits per heavy atom. The van der Waals surface area contributed by atoms with Crippen LogP contribution < -0.4 is 4.90 Å². The Morgan fingerprint density at radius 2 is 2.20 bits per heavy atom. The molecule has 0 aliphatic carbocycles. The summed E-state index contributed by atoms with van der Waals surface area (Å²) in [7, 11) is 0. The van der Waals surface area contributed by atoms with E-state index in [4.69, 9.17) is 11.6 Å². The zero-order valence-corrected chi connectivity index (χ0v) is 12.5. The Morgan fingerprint density at radius 3 is 2.90 bits per heavy atom. The van der Waals surface area contributed by atoms with Crippen molar-refractivity contribution in [1.29, 1.82) is 0 Å². The largest absolute Gasteiger partial charge is 0.305 e. The number of nitrogens with zero attached hydrogens (tertiary/aromatic N) is 1. The first-order chi connectivity index (χ1) is 9.56. The maximum atomic E-state index is 13.3. The Balaban J connectivity index is 2.02. The Kier molecular flexibility index (Phi) is 3.52. The van der Waals surface area contributed by atoms with E-state index in [0.717, 1.165) is 24.1 Å². The molecule has 104 valence electrons. The number of hydrogen-bond donors (Lipinski definition) is 0. The molecule has 2 nitrogen and oxygen atoms in total. The van der Waals surface area contributed by atoms with Gasteiger partial charge < -0.3 is 4.90 Å². The third kappa shape index (κ3) is 2.34. The minimum absolute atomic E-state index is 0.0676. The average molecular weight is 310 g/mol. The molecule has 0 radical (unpaired) electrons. The smallest absolute Gasteiger partial charge is 0.268 e. The van der Waals surface area contributed by atoms with Crippen molar-refractivity contribution in [3.05, 3.63) is 50.9 Å². The summed E-state index contributed by atoms with van der Waals surface area (Å²) in [5.74, 6) is -0.327. The van der Waals surface area contributed by atoms with Crippen molar-refractivity contribution in [2.75, 3.05) is 4.90 Å². The number of rotatable bonds is 1. The molecule has 1 amide bonds. The van der Waals surface area contributed by atoms with Gasteiger partial charge in [-0.3, -0.25) is 4.79 Å². The third-order valence-electron chi connectivity index (χ3n) is 3.58. The van der Waals surface area contributed by atoms with E-state index >= 15 is 0 Å². The van der Waals surface area contributed by atoms with Crippen LogP contribution in [0.5, 0.6) is 0 Å². The standard InChI is InChI=1S/C15H13ClFNOS/c1-9-2-3-10-8-11(17)4-5-12(10)18(9)15(19)13-6-7-14(16)20-13/h4-9H,2-3H2,1H3/t9-/m1/s1. The van der Waals surface area contributed by atoms with Gasteiger partial charge in [0.1, 0.15) is 5.82 Å². The minimum Gasteiger partial charge on any atom is -0.305 e. The normalized spacial score (nSPS) is 17.9. The summed E-state index contributed by atoms with van der Waals surface area (Å²) in [6.45, 7) is 2.01. The second kappa shape index (κ2) is 5.19. The number of halogens is 2. The van der Waals surface area contributed by atoms with Gasteiger partial charge >= 0.3 is 0 Å². The number of carbonyl (C=O) groups is 1. The average Bonchev–Trinajstić information content (AvgIpc) is 2.85. The molecule has 1 aromatic heterocycles. The van der Waals surface area contributed by atoms with E-state index in [9.17, 15) is 9.18 Å². The van der Waals surface area contributed by atoms with Gasteiger partial charge in [0.25, 0.3) is 5.91 Å². The lowest BCUT2D eigenvalue weighted by atomic mass is 9.96. The minimum atomic E-state index is -0.259. The topological polar surface area (TPSA) is 20.3 Å². The lowest BCUT2D eigenvalue weighted by molar-refractivity contribution is 0.0979. The summed E-state index contributed by atoms with van der Waals surface area (Å²) in [5, 5.41) is 0. The van der Waals surface area contributed by atoms with Crippen molar-refractivity contribution in [1.82, 2.24) is 0 Å². The van der Waals surface area contributed by atoms with Crippen molar-refractivity contribution in [2.45, 2.75) is 25.8 Å². The van der Waals surface area contributed by atoms with Gasteiger partial charge in [0, 0.05) is 11.7 Å². The molecule has 2 aromatic rings. The van der Waals surface area contributed by atoms with E-state index in [-0.39, 0.29) is 17.8 Å². The number of benzene rings is 1. The number of amides is 1. The Labute approximate surface area is 125 Å². The van der Waals surface area contributed by atoms with E-state index in [1.165, 1.54) is 23.5 Å². The van der Waals surface area contributed by atoms with Crippen LogP contribution in [0, 0.1) is 5.82 Å². The van der Waals surface area contributed by atoms with Crippen LogP contribution in [-0.4, -0.2) is 11.9 Å². The number of thiophene rings is 1. The SMILES string of the molecule is C[C@@H]1CCc2cc(F)ccc2N1C(=O)c1ccc(Cl)s1. The highest BCUT2D eigenvalue weighted by atomic mass is 35.5. The first kappa shape index (κ1) is 13.6. The van der Waals surface area contributed by atoms with Gasteiger partial charge in [-0.25, -0.2) is 4.39 Å². The molecule has 0 spiro atoms. The van der Waals surface area contributed by atoms with Crippen LogP contribution in [0.15, 0.2) is 30.3 Å². The second-order valence-electron chi connectivity index (χ2n) is 4.94. The molecule has 0 saturated heterocycles. The summed E-state index contributed by atoms with van der Waals surface area (Å²) in [4.78, 5) is 15.0. The molecule has 0 unspecified atom stereocenters. The molecular formula is C15H13ClFNOS. The van der Waals surface area contributed by atoms with Crippen molar-refractivity contribution >= 4 is 34.5 Å². The highest BCUT2D eigenvalue weighted by Crippen LogP contribution is 2.34. The molecule has 1 aromatic carbocycles. The Hall–Kier alpha value is -1.39. The highest BCUT2D eigenvalue weighted by molar-refractivity contribution is 7.18. The Bertz CT molecular complexity index is 670. The number of carbonyl (C=O) groups excluding carboxylic acids is 1. The van der Waals surface area contributed by atoms with Crippen LogP contribution in [0.3, 0.4) is 0 Å². The monoisotopic (exact) mass is 309 g/mol. The van der Waals surface area contributed by atoms with E-state index in [2.05, 4.69) is 0 Å². The lowest BCUT2D eigenvalue weighted by Gasteiger charge is -2.35. The third-order valence-corrected chi connectivity index (χ3v) is 4.80. The van der Waals surface area contributed by atoms with Crippen LogP contribution in [0.2, 0.25) is 4.34 Å². The summed E-state index contributed by atoms with van der Waals surface area (Å²) >= 11 is 7.17. The predicted octanol–water partition coefficient (Wildman–Crippen LogP) is 4.52. The number of fused-ring (bicyclic) bond motifs is 1. The zero-order valence-electron chi connectivity index (χ0n) is 10.9. The van der Waals surface area contributed by atoms with Crippen LogP contribution in [0.4, 0.5) is 10.1 Å². The fraction of sp³-hybridized carbons (Fsp3) is 0.267. The van der Waals surface area contributed by atoms with Gasteiger partial charge in [-0.15, -0.1) is 11.3 Å². The molecule has 3 rings (SSSR count). The van der Waals surface area contributed by atoms with Gasteiger partial charge in [-0.1, -0.05) is 11.6 Å². The van der Waals surface area contributed by atoms with E-state index in [1.54, 1.807) is 23.1 Å². The molecule has 20 heavy (non-hydrogen) atoms. The van der Waals surface area contributed by atoms with Crippen molar-refractivity contribution in [2.24, 2.45) is 0 Å². The summed E-state index contributed by atoms with van der Waals surface area (Å²) < 4.78 is 13.9. The predicted molar refractivity (Wildman–Crippen MR) is 80.3 cm³/mol. The zero-order chi connectivity index (χ0) is 14.3. The summed E-state index contributed by atoms with van der Waals surface area (Å²) in [5.41, 5.74) is 1.69. The fourth-order valence-electron chi connectivity index (χ4n) is 2.58. The van der Waals surface area contributed by atoms with Crippen LogP contribution in [0.25, 0.3) is 0 Å². The van der Waals surface area contributed by atoms with Crippen molar-refractivity contribution < 1.29 is 9.18 Å². The second-order valence-corrected chi connectivity index (χ2v) is 6.65. The van der Waals surface area contributed by atoms with Gasteiger partial charge in [-0.05, 0) is 55.7 Å². The lowest BCUT2D eigenvalue weighted by Crippen LogP contribution is -2.41. The molecule has 2 heterocycles. The first-order valence-corrected chi connectivity index (χ1v) is 7.63. The van der Waals surface area contributed by atoms with Gasteiger partial charge in [-0.2, -0.15) is 0 Å². The van der Waals surface area contributed by atoms with E-state index in [1.807, 2.05) is 6.92 Å². The molecule has 0 saturated carbocycles. The number of aryl methyl sites for hydroxylation is 1. The van der Waals surface area contributed by atoms with Gasteiger partial charge in [0.2, 0.25) is 0 Å². The maximum absolute atomic E-state index is 13.3. The van der Waals surface area contributed by atoms with Crippen LogP contribution in [0.1, 0.15) is 28.6 Å². The summed E-state index contributed by atoms with van der Waals surface area (Å²) in [6.07, 6.45) is 1.63. The molecule has 1 aliphatic rings. The quantitative estimate of drug-likeness (QED) is 0.758. The number of anilines is 1. The van der Waals surface area contributed by atoms with Crippen LogP contribution >= 0.6 is 22.9 Å². The molecular weight excluding hydrogens is 297 g/mol. The fourth-order valence-corrected chi connectivity index (χ4v) is 3.56. The molecule has 1 atom stereocenters. The van der Waals surface area contributed by atoms with E-state index < -0.39 is 0 Å². The van der Waals surface area contributed by atoms with E-state index in [0.29, 0.717) is 9.21 Å². The summed E-state index contributed by atoms with van der Waals surface area (Å²) in [6, 6.07) is 8.16. The molecule has 1 aliphatic heterocycles. The van der Waals surface area contributed by atoms with Crippen molar-refractivity contribution in [3.63, 3.8) is 0 Å². The van der Waals surface area contributed by atoms with Gasteiger partial charge in [0.15, 0.2) is 0 Å².